The molecule has 0 radical (unpaired) electrons. The van der Waals surface area contributed by atoms with Gasteiger partial charge in [0.05, 0.1) is 11.4 Å². The first-order chi connectivity index (χ1) is 10.1. The fourth-order valence-electron chi connectivity index (χ4n) is 2.20. The highest BCUT2D eigenvalue weighted by molar-refractivity contribution is 7.92. The highest BCUT2D eigenvalue weighted by atomic mass is 32.2. The minimum absolute atomic E-state index is 0.133. The number of rotatable bonds is 8. The van der Waals surface area contributed by atoms with Crippen molar-refractivity contribution in [1.29, 1.82) is 0 Å². The van der Waals surface area contributed by atoms with Crippen LogP contribution in [0.1, 0.15) is 25.7 Å². The van der Waals surface area contributed by atoms with Crippen molar-refractivity contribution in [3.05, 3.63) is 18.2 Å². The molecule has 1 aromatic carbocycles. The molecule has 2 aliphatic rings. The molecule has 0 bridgehead atoms. The highest BCUT2D eigenvalue weighted by Crippen LogP contribution is 2.34. The number of unbranched alkanes of at least 4 members (excludes halogenated alkanes) is 1. The fraction of sp³-hybridized carbons (Fsp3) is 0.571. The van der Waals surface area contributed by atoms with Crippen LogP contribution >= 0.6 is 0 Å². The maximum absolute atomic E-state index is 12.0. The minimum Gasteiger partial charge on any atom is -0.454 e. The first kappa shape index (κ1) is 14.5. The number of nitrogens with one attached hydrogen (secondary N) is 2. The monoisotopic (exact) mass is 312 g/mol. The van der Waals surface area contributed by atoms with Gasteiger partial charge in [-0.15, -0.1) is 0 Å². The molecule has 0 unspecified atom stereocenters. The van der Waals surface area contributed by atoms with Gasteiger partial charge in [-0.1, -0.05) is 0 Å². The Labute approximate surface area is 124 Å². The molecule has 1 saturated carbocycles. The molecule has 0 saturated heterocycles. The summed E-state index contributed by atoms with van der Waals surface area (Å²) in [6, 6.07) is 5.71. The minimum atomic E-state index is -3.31. The lowest BCUT2D eigenvalue weighted by molar-refractivity contribution is 0.174. The van der Waals surface area contributed by atoms with Crippen molar-refractivity contribution in [2.24, 2.45) is 0 Å². The summed E-state index contributed by atoms with van der Waals surface area (Å²) in [5.41, 5.74) is 0.510. The second kappa shape index (κ2) is 6.11. The van der Waals surface area contributed by atoms with Crippen molar-refractivity contribution in [2.45, 2.75) is 31.7 Å². The van der Waals surface area contributed by atoms with Gasteiger partial charge in [-0.2, -0.15) is 0 Å². The van der Waals surface area contributed by atoms with Crippen LogP contribution in [0, 0.1) is 0 Å². The van der Waals surface area contributed by atoms with Crippen LogP contribution in [0.3, 0.4) is 0 Å². The normalized spacial score (nSPS) is 17.0. The van der Waals surface area contributed by atoms with Crippen molar-refractivity contribution < 1.29 is 17.9 Å². The van der Waals surface area contributed by atoms with Crippen LogP contribution in [0.2, 0.25) is 0 Å². The van der Waals surface area contributed by atoms with Gasteiger partial charge in [0.1, 0.15) is 0 Å². The van der Waals surface area contributed by atoms with E-state index in [4.69, 9.17) is 9.47 Å². The third kappa shape index (κ3) is 4.25. The molecule has 1 aliphatic heterocycles. The lowest BCUT2D eigenvalue weighted by Crippen LogP contribution is -2.20. The lowest BCUT2D eigenvalue weighted by atomic mass is 10.3. The summed E-state index contributed by atoms with van der Waals surface area (Å²) in [6.07, 6.45) is 4.03. The van der Waals surface area contributed by atoms with Crippen molar-refractivity contribution in [3.8, 4) is 11.5 Å². The quantitative estimate of drug-likeness (QED) is 0.714. The first-order valence-corrected chi connectivity index (χ1v) is 8.91. The van der Waals surface area contributed by atoms with E-state index < -0.39 is 10.0 Å². The van der Waals surface area contributed by atoms with Gasteiger partial charge in [0.15, 0.2) is 11.5 Å². The van der Waals surface area contributed by atoms with Gasteiger partial charge >= 0.3 is 0 Å². The number of ether oxygens (including phenoxy) is 2. The molecule has 1 aromatic rings. The smallest absolute Gasteiger partial charge is 0.232 e. The maximum atomic E-state index is 12.0. The summed E-state index contributed by atoms with van der Waals surface area (Å²) in [4.78, 5) is 0. The molecule has 7 heteroatoms. The van der Waals surface area contributed by atoms with Crippen LogP contribution in [0.4, 0.5) is 5.69 Å². The number of hydrogen-bond acceptors (Lipinski definition) is 5. The van der Waals surface area contributed by atoms with Crippen molar-refractivity contribution >= 4 is 15.7 Å². The largest absolute Gasteiger partial charge is 0.454 e. The third-order valence-corrected chi connectivity index (χ3v) is 4.87. The van der Waals surface area contributed by atoms with E-state index in [1.54, 1.807) is 18.2 Å². The van der Waals surface area contributed by atoms with E-state index >= 15 is 0 Å². The SMILES string of the molecule is O=S(=O)(CCCCNC1CC1)Nc1ccc2c(c1)OCO2. The van der Waals surface area contributed by atoms with Crippen LogP contribution < -0.4 is 19.5 Å². The molecule has 0 amide bonds. The average Bonchev–Trinajstić information content (AvgIpc) is 3.14. The molecule has 1 fully saturated rings. The van der Waals surface area contributed by atoms with Gasteiger partial charge in [-0.25, -0.2) is 8.42 Å². The third-order valence-electron chi connectivity index (χ3n) is 3.50. The molecule has 0 atom stereocenters. The zero-order valence-electron chi connectivity index (χ0n) is 11.8. The Morgan fingerprint density at radius 3 is 2.76 bits per heavy atom. The van der Waals surface area contributed by atoms with Gasteiger partial charge in [0.2, 0.25) is 16.8 Å². The molecule has 21 heavy (non-hydrogen) atoms. The van der Waals surface area contributed by atoms with E-state index in [0.29, 0.717) is 29.6 Å². The molecule has 3 rings (SSSR count). The second-order valence-electron chi connectivity index (χ2n) is 5.42. The van der Waals surface area contributed by atoms with Gasteiger partial charge in [0, 0.05) is 12.1 Å². The Hall–Kier alpha value is -1.47. The molecule has 1 aliphatic carbocycles. The second-order valence-corrected chi connectivity index (χ2v) is 7.27. The zero-order chi connectivity index (χ0) is 14.7. The van der Waals surface area contributed by atoms with Gasteiger partial charge in [-0.3, -0.25) is 4.72 Å². The molecular formula is C14H20N2O4S. The molecule has 2 N–H and O–H groups in total. The van der Waals surface area contributed by atoms with Crippen LogP contribution in [0.25, 0.3) is 0 Å². The number of anilines is 1. The summed E-state index contributed by atoms with van der Waals surface area (Å²) in [5, 5.41) is 3.38. The van der Waals surface area contributed by atoms with E-state index in [1.807, 2.05) is 0 Å². The topological polar surface area (TPSA) is 76.7 Å². The van der Waals surface area contributed by atoms with Crippen LogP contribution in [-0.2, 0) is 10.0 Å². The molecular weight excluding hydrogens is 292 g/mol. The van der Waals surface area contributed by atoms with Crippen LogP contribution in [0.5, 0.6) is 11.5 Å². The predicted octanol–water partition coefficient (Wildman–Crippen LogP) is 1.69. The Bertz CT molecular complexity index is 599. The number of hydrogen-bond donors (Lipinski definition) is 2. The Balaban J connectivity index is 1.45. The average molecular weight is 312 g/mol. The van der Waals surface area contributed by atoms with Crippen molar-refractivity contribution in [2.75, 3.05) is 23.8 Å². The molecule has 6 nitrogen and oxygen atoms in total. The lowest BCUT2D eigenvalue weighted by Gasteiger charge is -2.09. The van der Waals surface area contributed by atoms with E-state index in [0.717, 1.165) is 13.0 Å². The summed E-state index contributed by atoms with van der Waals surface area (Å²) in [5.74, 6) is 1.35. The molecule has 116 valence electrons. The van der Waals surface area contributed by atoms with E-state index in [2.05, 4.69) is 10.0 Å². The fourth-order valence-corrected chi connectivity index (χ4v) is 3.37. The number of benzene rings is 1. The first-order valence-electron chi connectivity index (χ1n) is 7.26. The van der Waals surface area contributed by atoms with Crippen molar-refractivity contribution in [1.82, 2.24) is 5.32 Å². The standard InChI is InChI=1S/C14H20N2O4S/c17-21(18,8-2-1-7-15-11-3-4-11)16-12-5-6-13-14(9-12)20-10-19-13/h5-6,9,11,15-16H,1-4,7-8,10H2. The summed E-state index contributed by atoms with van der Waals surface area (Å²) in [7, 11) is -3.31. The Morgan fingerprint density at radius 2 is 1.95 bits per heavy atom. The summed E-state index contributed by atoms with van der Waals surface area (Å²) in [6.45, 7) is 1.07. The van der Waals surface area contributed by atoms with E-state index in [-0.39, 0.29) is 12.5 Å². The van der Waals surface area contributed by atoms with E-state index in [9.17, 15) is 8.42 Å². The van der Waals surface area contributed by atoms with Crippen LogP contribution in [0.15, 0.2) is 18.2 Å². The van der Waals surface area contributed by atoms with Crippen LogP contribution in [-0.4, -0.2) is 33.6 Å². The van der Waals surface area contributed by atoms with Gasteiger partial charge in [0.25, 0.3) is 0 Å². The van der Waals surface area contributed by atoms with Gasteiger partial charge < -0.3 is 14.8 Å². The molecule has 0 spiro atoms. The summed E-state index contributed by atoms with van der Waals surface area (Å²) >= 11 is 0. The van der Waals surface area contributed by atoms with E-state index in [1.165, 1.54) is 12.8 Å². The highest BCUT2D eigenvalue weighted by Gasteiger charge is 2.20. The predicted molar refractivity (Wildman–Crippen MR) is 80.2 cm³/mol. The Morgan fingerprint density at radius 1 is 1.14 bits per heavy atom. The maximum Gasteiger partial charge on any atom is 0.232 e. The summed E-state index contributed by atoms with van der Waals surface area (Å²) < 4.78 is 37.0. The zero-order valence-corrected chi connectivity index (χ0v) is 12.6. The number of sulfonamides is 1. The van der Waals surface area contributed by atoms with Gasteiger partial charge in [-0.05, 0) is 44.4 Å². The molecule has 1 heterocycles. The Kier molecular flexibility index (Phi) is 4.21. The molecule has 0 aromatic heterocycles. The van der Waals surface area contributed by atoms with Crippen molar-refractivity contribution in [3.63, 3.8) is 0 Å². The number of fused-ring (bicyclic) bond motifs is 1.